The van der Waals surface area contributed by atoms with Crippen molar-refractivity contribution in [2.24, 2.45) is 0 Å². The maximum absolute atomic E-state index is 12.0. The molecule has 0 aliphatic heterocycles. The molecule has 0 bridgehead atoms. The molecule has 2 aromatic carbocycles. The van der Waals surface area contributed by atoms with Crippen molar-refractivity contribution in [3.63, 3.8) is 0 Å². The van der Waals surface area contributed by atoms with Crippen molar-refractivity contribution in [1.82, 2.24) is 19.7 Å². The minimum absolute atomic E-state index is 0.405. The lowest BCUT2D eigenvalue weighted by Gasteiger charge is -2.12. The molecule has 0 unspecified atom stereocenters. The molecule has 8 nitrogen and oxygen atoms in total. The third kappa shape index (κ3) is 2.98. The van der Waals surface area contributed by atoms with Crippen LogP contribution in [0.4, 0.5) is 5.69 Å². The second-order valence-electron chi connectivity index (χ2n) is 6.60. The summed E-state index contributed by atoms with van der Waals surface area (Å²) in [6, 6.07) is 13.1. The van der Waals surface area contributed by atoms with Gasteiger partial charge in [-0.05, 0) is 43.3 Å². The third-order valence-electron chi connectivity index (χ3n) is 4.58. The van der Waals surface area contributed by atoms with Crippen LogP contribution in [-0.4, -0.2) is 33.8 Å². The highest BCUT2D eigenvalue weighted by Crippen LogP contribution is 2.26. The Balaban J connectivity index is 1.78. The van der Waals surface area contributed by atoms with Crippen molar-refractivity contribution in [1.29, 1.82) is 0 Å². The standard InChI is InChI=1S/C20H19N5O3/c1-4-25-16-9-8-12(11-15(16)21-18(26)20(25)27)17-22-19(28-23-17)13-6-5-7-14(10-13)24(2)3/h5-11H,4H2,1-3H3,(H,21,26). The van der Waals surface area contributed by atoms with Gasteiger partial charge in [0.25, 0.3) is 5.89 Å². The molecule has 0 spiro atoms. The SMILES string of the molecule is CCn1c(=O)c(=O)[nH]c2cc(-c3noc(-c4cccc(N(C)C)c4)n3)ccc21. The molecule has 0 amide bonds. The largest absolute Gasteiger partial charge is 0.378 e. The van der Waals surface area contributed by atoms with Crippen molar-refractivity contribution in [3.05, 3.63) is 63.2 Å². The van der Waals surface area contributed by atoms with Crippen LogP contribution in [0.15, 0.2) is 56.6 Å². The van der Waals surface area contributed by atoms with Gasteiger partial charge in [-0.1, -0.05) is 11.2 Å². The first-order valence-electron chi connectivity index (χ1n) is 8.86. The van der Waals surface area contributed by atoms with Gasteiger partial charge in [-0.3, -0.25) is 9.59 Å². The van der Waals surface area contributed by atoms with E-state index in [-0.39, 0.29) is 0 Å². The van der Waals surface area contributed by atoms with E-state index in [1.54, 1.807) is 18.2 Å². The Morgan fingerprint density at radius 2 is 1.93 bits per heavy atom. The van der Waals surface area contributed by atoms with E-state index in [0.717, 1.165) is 11.3 Å². The van der Waals surface area contributed by atoms with Crippen LogP contribution in [0, 0.1) is 0 Å². The second kappa shape index (κ2) is 6.80. The Morgan fingerprint density at radius 1 is 1.11 bits per heavy atom. The number of hydrogen-bond donors (Lipinski definition) is 1. The number of aromatic amines is 1. The van der Waals surface area contributed by atoms with Gasteiger partial charge in [0.15, 0.2) is 0 Å². The van der Waals surface area contributed by atoms with Crippen LogP contribution >= 0.6 is 0 Å². The fourth-order valence-electron chi connectivity index (χ4n) is 3.11. The van der Waals surface area contributed by atoms with Crippen LogP contribution in [0.5, 0.6) is 0 Å². The monoisotopic (exact) mass is 377 g/mol. The fourth-order valence-corrected chi connectivity index (χ4v) is 3.11. The number of fused-ring (bicyclic) bond motifs is 1. The second-order valence-corrected chi connectivity index (χ2v) is 6.60. The van der Waals surface area contributed by atoms with E-state index in [9.17, 15) is 9.59 Å². The first kappa shape index (κ1) is 17.7. The van der Waals surface area contributed by atoms with E-state index >= 15 is 0 Å². The lowest BCUT2D eigenvalue weighted by atomic mass is 10.1. The molecule has 1 N–H and O–H groups in total. The van der Waals surface area contributed by atoms with Crippen molar-refractivity contribution in [3.8, 4) is 22.8 Å². The predicted molar refractivity (Wildman–Crippen MR) is 108 cm³/mol. The Bertz CT molecular complexity index is 1280. The number of nitrogens with zero attached hydrogens (tertiary/aromatic N) is 4. The van der Waals surface area contributed by atoms with E-state index in [1.807, 2.05) is 50.2 Å². The topological polar surface area (TPSA) is 97.0 Å². The van der Waals surface area contributed by atoms with Gasteiger partial charge < -0.3 is 19.0 Å². The molecule has 0 saturated carbocycles. The summed E-state index contributed by atoms with van der Waals surface area (Å²) in [5.74, 6) is 0.813. The molecule has 2 aromatic heterocycles. The summed E-state index contributed by atoms with van der Waals surface area (Å²) in [6.07, 6.45) is 0. The molecular formula is C20H19N5O3. The van der Waals surface area contributed by atoms with Crippen LogP contribution in [0.2, 0.25) is 0 Å². The molecule has 2 heterocycles. The Labute approximate surface area is 160 Å². The van der Waals surface area contributed by atoms with Gasteiger partial charge in [0.1, 0.15) is 0 Å². The summed E-state index contributed by atoms with van der Waals surface area (Å²) < 4.78 is 6.87. The van der Waals surface area contributed by atoms with E-state index in [4.69, 9.17) is 4.52 Å². The molecule has 0 fully saturated rings. The van der Waals surface area contributed by atoms with Crippen molar-refractivity contribution in [2.45, 2.75) is 13.5 Å². The molecular weight excluding hydrogens is 358 g/mol. The molecule has 0 aliphatic carbocycles. The molecule has 4 aromatic rings. The molecule has 0 aliphatic rings. The summed E-state index contributed by atoms with van der Waals surface area (Å²) in [7, 11) is 3.92. The van der Waals surface area contributed by atoms with E-state index < -0.39 is 11.1 Å². The number of H-pyrrole nitrogens is 1. The predicted octanol–water partition coefficient (Wildman–Crippen LogP) is 2.49. The first-order valence-corrected chi connectivity index (χ1v) is 8.86. The Morgan fingerprint density at radius 3 is 2.68 bits per heavy atom. The quantitative estimate of drug-likeness (QED) is 0.549. The zero-order chi connectivity index (χ0) is 19.8. The average Bonchev–Trinajstić information content (AvgIpc) is 3.19. The van der Waals surface area contributed by atoms with Crippen molar-refractivity contribution >= 4 is 16.7 Å². The smallest absolute Gasteiger partial charge is 0.316 e. The van der Waals surface area contributed by atoms with Crippen LogP contribution in [0.1, 0.15) is 6.92 Å². The summed E-state index contributed by atoms with van der Waals surface area (Å²) >= 11 is 0. The molecule has 8 heteroatoms. The highest BCUT2D eigenvalue weighted by molar-refractivity contribution is 5.80. The number of nitrogens with one attached hydrogen (secondary N) is 1. The number of aryl methyl sites for hydroxylation is 1. The average molecular weight is 377 g/mol. The van der Waals surface area contributed by atoms with Gasteiger partial charge in [0, 0.05) is 37.5 Å². The van der Waals surface area contributed by atoms with Gasteiger partial charge in [-0.15, -0.1) is 0 Å². The highest BCUT2D eigenvalue weighted by atomic mass is 16.5. The molecule has 0 radical (unpaired) electrons. The van der Waals surface area contributed by atoms with Gasteiger partial charge in [-0.2, -0.15) is 4.98 Å². The van der Waals surface area contributed by atoms with Gasteiger partial charge in [0.2, 0.25) is 5.82 Å². The Kier molecular flexibility index (Phi) is 4.31. The van der Waals surface area contributed by atoms with Crippen LogP contribution in [0.25, 0.3) is 33.9 Å². The minimum atomic E-state index is -0.652. The molecule has 0 saturated heterocycles. The normalized spacial score (nSPS) is 11.1. The first-order chi connectivity index (χ1) is 13.5. The van der Waals surface area contributed by atoms with Gasteiger partial charge in [0.05, 0.1) is 11.0 Å². The summed E-state index contributed by atoms with van der Waals surface area (Å²) in [4.78, 5) is 33.0. The van der Waals surface area contributed by atoms with Gasteiger partial charge in [-0.25, -0.2) is 0 Å². The summed E-state index contributed by atoms with van der Waals surface area (Å²) in [6.45, 7) is 2.23. The van der Waals surface area contributed by atoms with E-state index in [0.29, 0.717) is 34.9 Å². The lowest BCUT2D eigenvalue weighted by Crippen LogP contribution is -2.35. The number of hydrogen-bond acceptors (Lipinski definition) is 6. The number of benzene rings is 2. The maximum atomic E-state index is 12.0. The van der Waals surface area contributed by atoms with Crippen molar-refractivity contribution in [2.75, 3.05) is 19.0 Å². The molecule has 0 atom stereocenters. The third-order valence-corrected chi connectivity index (χ3v) is 4.58. The molecule has 28 heavy (non-hydrogen) atoms. The van der Waals surface area contributed by atoms with Crippen LogP contribution in [-0.2, 0) is 6.54 Å². The summed E-state index contributed by atoms with van der Waals surface area (Å²) in [5.41, 5.74) is 2.51. The summed E-state index contributed by atoms with van der Waals surface area (Å²) in [5, 5.41) is 4.07. The number of aromatic nitrogens is 4. The van der Waals surface area contributed by atoms with Crippen LogP contribution < -0.4 is 16.0 Å². The molecule has 142 valence electrons. The molecule has 4 rings (SSSR count). The van der Waals surface area contributed by atoms with E-state index in [1.165, 1.54) is 4.57 Å². The maximum Gasteiger partial charge on any atom is 0.316 e. The van der Waals surface area contributed by atoms with Gasteiger partial charge >= 0.3 is 11.1 Å². The minimum Gasteiger partial charge on any atom is -0.378 e. The van der Waals surface area contributed by atoms with Crippen LogP contribution in [0.3, 0.4) is 0 Å². The van der Waals surface area contributed by atoms with E-state index in [2.05, 4.69) is 15.1 Å². The number of anilines is 1. The zero-order valence-corrected chi connectivity index (χ0v) is 15.8. The zero-order valence-electron chi connectivity index (χ0n) is 15.8. The highest BCUT2D eigenvalue weighted by Gasteiger charge is 2.13. The van der Waals surface area contributed by atoms with Crippen molar-refractivity contribution < 1.29 is 4.52 Å². The Hall–Kier alpha value is -3.68. The fraction of sp³-hybridized carbons (Fsp3) is 0.200. The lowest BCUT2D eigenvalue weighted by molar-refractivity contribution is 0.432. The number of rotatable bonds is 4.